The van der Waals surface area contributed by atoms with E-state index in [4.69, 9.17) is 4.74 Å². The summed E-state index contributed by atoms with van der Waals surface area (Å²) < 4.78 is 4.86. The first kappa shape index (κ1) is 11.7. The molecule has 0 heterocycles. The number of amides is 1. The van der Waals surface area contributed by atoms with E-state index in [0.29, 0.717) is 18.7 Å². The highest BCUT2D eigenvalue weighted by Crippen LogP contribution is 2.08. The zero-order chi connectivity index (χ0) is 11.3. The molecule has 0 radical (unpaired) electrons. The second-order valence-electron chi connectivity index (χ2n) is 3.63. The van der Waals surface area contributed by atoms with Crippen LogP contribution in [0.2, 0.25) is 0 Å². The van der Waals surface area contributed by atoms with Crippen LogP contribution in [0.3, 0.4) is 0 Å². The van der Waals surface area contributed by atoms with Crippen LogP contribution in [0.25, 0.3) is 0 Å². The molecule has 0 unspecified atom stereocenters. The van der Waals surface area contributed by atoms with Gasteiger partial charge in [0.25, 0.3) is 5.91 Å². The smallest absolute Gasteiger partial charge is 0.251 e. The highest BCUT2D eigenvalue weighted by atomic mass is 16.5. The predicted molar refractivity (Wildman–Crippen MR) is 60.1 cm³/mol. The molecule has 3 nitrogen and oxygen atoms in total. The summed E-state index contributed by atoms with van der Waals surface area (Å²) in [7, 11) is 1.61. The Kier molecular flexibility index (Phi) is 4.31. The lowest BCUT2D eigenvalue weighted by Crippen LogP contribution is -2.27. The molecule has 1 amide bonds. The maximum absolute atomic E-state index is 11.7. The third-order valence-electron chi connectivity index (χ3n) is 2.08. The Morgan fingerprint density at radius 1 is 1.27 bits per heavy atom. The molecular weight excluding hydrogens is 190 g/mol. The average Bonchev–Trinajstić information content (AvgIpc) is 2.16. The molecular formula is C12H17NO2. The van der Waals surface area contributed by atoms with E-state index < -0.39 is 0 Å². The van der Waals surface area contributed by atoms with Gasteiger partial charge in [-0.1, -0.05) is 17.2 Å². The first-order valence-electron chi connectivity index (χ1n) is 4.99. The topological polar surface area (TPSA) is 38.3 Å². The quantitative estimate of drug-likeness (QED) is 0.763. The Bertz CT molecular complexity index is 327. The van der Waals surface area contributed by atoms with Crippen molar-refractivity contribution in [2.45, 2.75) is 13.8 Å². The van der Waals surface area contributed by atoms with Crippen molar-refractivity contribution in [3.63, 3.8) is 0 Å². The second kappa shape index (κ2) is 5.51. The number of nitrogens with one attached hydrogen (secondary N) is 1. The number of carbonyl (C=O) groups is 1. The molecule has 1 N–H and O–H groups in total. The highest BCUT2D eigenvalue weighted by Gasteiger charge is 2.05. The minimum Gasteiger partial charge on any atom is -0.383 e. The van der Waals surface area contributed by atoms with Gasteiger partial charge in [0.2, 0.25) is 0 Å². The minimum absolute atomic E-state index is 0.0427. The summed E-state index contributed by atoms with van der Waals surface area (Å²) >= 11 is 0. The molecule has 1 aromatic rings. The molecule has 0 aromatic heterocycles. The van der Waals surface area contributed by atoms with Gasteiger partial charge in [0, 0.05) is 19.2 Å². The normalized spacial score (nSPS) is 10.1. The lowest BCUT2D eigenvalue weighted by Gasteiger charge is -2.06. The fraction of sp³-hybridized carbons (Fsp3) is 0.417. The lowest BCUT2D eigenvalue weighted by molar-refractivity contribution is 0.0937. The minimum atomic E-state index is -0.0427. The van der Waals surface area contributed by atoms with Gasteiger partial charge in [-0.25, -0.2) is 0 Å². The Labute approximate surface area is 90.4 Å². The molecule has 15 heavy (non-hydrogen) atoms. The number of hydrogen-bond donors (Lipinski definition) is 1. The number of ether oxygens (including phenoxy) is 1. The number of benzene rings is 1. The monoisotopic (exact) mass is 207 g/mol. The third kappa shape index (κ3) is 3.72. The van der Waals surface area contributed by atoms with Gasteiger partial charge in [-0.15, -0.1) is 0 Å². The molecule has 0 aliphatic rings. The first-order valence-corrected chi connectivity index (χ1v) is 4.99. The maximum Gasteiger partial charge on any atom is 0.251 e. The number of hydrogen-bond acceptors (Lipinski definition) is 2. The molecule has 0 aliphatic heterocycles. The molecule has 0 spiro atoms. The van der Waals surface area contributed by atoms with Gasteiger partial charge in [0.05, 0.1) is 6.61 Å². The van der Waals surface area contributed by atoms with Crippen molar-refractivity contribution < 1.29 is 9.53 Å². The van der Waals surface area contributed by atoms with Crippen LogP contribution in [-0.4, -0.2) is 26.2 Å². The summed E-state index contributed by atoms with van der Waals surface area (Å²) in [5.74, 6) is -0.0427. The van der Waals surface area contributed by atoms with Crippen molar-refractivity contribution in [2.75, 3.05) is 20.3 Å². The van der Waals surface area contributed by atoms with E-state index in [-0.39, 0.29) is 5.91 Å². The van der Waals surface area contributed by atoms with E-state index in [1.165, 1.54) is 0 Å². The van der Waals surface area contributed by atoms with Crippen molar-refractivity contribution in [3.8, 4) is 0 Å². The van der Waals surface area contributed by atoms with E-state index in [1.807, 2.05) is 32.0 Å². The summed E-state index contributed by atoms with van der Waals surface area (Å²) in [4.78, 5) is 11.7. The largest absolute Gasteiger partial charge is 0.383 e. The van der Waals surface area contributed by atoms with Gasteiger partial charge in [0.15, 0.2) is 0 Å². The SMILES string of the molecule is COCCNC(=O)c1cc(C)cc(C)c1. The van der Waals surface area contributed by atoms with Crippen LogP contribution in [0.4, 0.5) is 0 Å². The molecule has 1 rings (SSSR count). The lowest BCUT2D eigenvalue weighted by atomic mass is 10.1. The number of methoxy groups -OCH3 is 1. The van der Waals surface area contributed by atoms with Gasteiger partial charge in [0.1, 0.15) is 0 Å². The molecule has 0 aliphatic carbocycles. The van der Waals surface area contributed by atoms with E-state index in [9.17, 15) is 4.79 Å². The Morgan fingerprint density at radius 3 is 2.40 bits per heavy atom. The summed E-state index contributed by atoms with van der Waals surface area (Å²) in [5, 5.41) is 2.79. The van der Waals surface area contributed by atoms with Crippen molar-refractivity contribution >= 4 is 5.91 Å². The van der Waals surface area contributed by atoms with E-state index in [1.54, 1.807) is 7.11 Å². The standard InChI is InChI=1S/C12H17NO2/c1-9-6-10(2)8-11(7-9)12(14)13-4-5-15-3/h6-8H,4-5H2,1-3H3,(H,13,14). The predicted octanol–water partition coefficient (Wildman–Crippen LogP) is 1.68. The molecule has 0 atom stereocenters. The van der Waals surface area contributed by atoms with Crippen molar-refractivity contribution in [1.29, 1.82) is 0 Å². The van der Waals surface area contributed by atoms with Gasteiger partial charge in [-0.05, 0) is 26.0 Å². The Morgan fingerprint density at radius 2 is 1.87 bits per heavy atom. The number of carbonyl (C=O) groups excluding carboxylic acids is 1. The summed E-state index contributed by atoms with van der Waals surface area (Å²) in [6.07, 6.45) is 0. The van der Waals surface area contributed by atoms with Crippen molar-refractivity contribution in [2.24, 2.45) is 0 Å². The maximum atomic E-state index is 11.7. The van der Waals surface area contributed by atoms with E-state index in [0.717, 1.165) is 11.1 Å². The summed E-state index contributed by atoms with van der Waals surface area (Å²) in [6.45, 7) is 5.05. The molecule has 1 aromatic carbocycles. The van der Waals surface area contributed by atoms with E-state index >= 15 is 0 Å². The molecule has 0 saturated heterocycles. The third-order valence-corrected chi connectivity index (χ3v) is 2.08. The number of aryl methyl sites for hydroxylation is 2. The van der Waals surface area contributed by atoms with Crippen LogP contribution in [0, 0.1) is 13.8 Å². The molecule has 0 saturated carbocycles. The van der Waals surface area contributed by atoms with Crippen LogP contribution in [-0.2, 0) is 4.74 Å². The van der Waals surface area contributed by atoms with E-state index in [2.05, 4.69) is 5.32 Å². The number of rotatable bonds is 4. The van der Waals surface area contributed by atoms with Crippen molar-refractivity contribution in [1.82, 2.24) is 5.32 Å². The van der Waals surface area contributed by atoms with Crippen LogP contribution in [0.5, 0.6) is 0 Å². The summed E-state index contributed by atoms with van der Waals surface area (Å²) in [6, 6.07) is 5.82. The first-order chi connectivity index (χ1) is 7.13. The highest BCUT2D eigenvalue weighted by molar-refractivity contribution is 5.94. The van der Waals surface area contributed by atoms with Crippen LogP contribution in [0.1, 0.15) is 21.5 Å². The molecule has 0 bridgehead atoms. The zero-order valence-electron chi connectivity index (χ0n) is 9.46. The molecule has 3 heteroatoms. The average molecular weight is 207 g/mol. The van der Waals surface area contributed by atoms with Crippen LogP contribution in [0.15, 0.2) is 18.2 Å². The van der Waals surface area contributed by atoms with Crippen LogP contribution >= 0.6 is 0 Å². The summed E-state index contributed by atoms with van der Waals surface area (Å²) in [5.41, 5.74) is 2.92. The van der Waals surface area contributed by atoms with Gasteiger partial charge in [-0.3, -0.25) is 4.79 Å². The fourth-order valence-corrected chi connectivity index (χ4v) is 1.47. The van der Waals surface area contributed by atoms with Gasteiger partial charge < -0.3 is 10.1 Å². The van der Waals surface area contributed by atoms with Crippen LogP contribution < -0.4 is 5.32 Å². The second-order valence-corrected chi connectivity index (χ2v) is 3.63. The van der Waals surface area contributed by atoms with Crippen molar-refractivity contribution in [3.05, 3.63) is 34.9 Å². The molecule has 82 valence electrons. The fourth-order valence-electron chi connectivity index (χ4n) is 1.47. The Hall–Kier alpha value is -1.35. The van der Waals surface area contributed by atoms with Gasteiger partial charge in [-0.2, -0.15) is 0 Å². The van der Waals surface area contributed by atoms with Gasteiger partial charge >= 0.3 is 0 Å². The zero-order valence-corrected chi connectivity index (χ0v) is 9.46. The molecule has 0 fully saturated rings. The Balaban J connectivity index is 2.65.